The molecule has 1 aliphatic heterocycles. The van der Waals surface area contributed by atoms with Gasteiger partial charge in [0.05, 0.1) is 0 Å². The van der Waals surface area contributed by atoms with Crippen LogP contribution >= 0.6 is 0 Å². The zero-order chi connectivity index (χ0) is 15.8. The fraction of sp³-hybridized carbons (Fsp3) is 0.786. The van der Waals surface area contributed by atoms with E-state index in [2.05, 4.69) is 30.8 Å². The predicted molar refractivity (Wildman–Crippen MR) is 85.2 cm³/mol. The van der Waals surface area contributed by atoms with Crippen LogP contribution in [0.2, 0.25) is 0 Å². The zero-order valence-electron chi connectivity index (χ0n) is 13.3. The van der Waals surface area contributed by atoms with Gasteiger partial charge in [0.1, 0.15) is 5.82 Å². The minimum absolute atomic E-state index is 0.192. The van der Waals surface area contributed by atoms with Crippen molar-refractivity contribution in [2.24, 2.45) is 11.8 Å². The lowest BCUT2D eigenvalue weighted by atomic mass is 10.0. The number of piperidine rings is 1. The van der Waals surface area contributed by atoms with E-state index in [0.29, 0.717) is 24.2 Å². The van der Waals surface area contributed by atoms with E-state index in [9.17, 15) is 8.42 Å². The zero-order valence-corrected chi connectivity index (χ0v) is 14.2. The third-order valence-electron chi connectivity index (χ3n) is 3.79. The number of aromatic nitrogens is 2. The molecule has 6 nitrogen and oxygen atoms in total. The van der Waals surface area contributed by atoms with E-state index in [1.54, 1.807) is 4.68 Å². The van der Waals surface area contributed by atoms with Crippen molar-refractivity contribution in [3.8, 4) is 0 Å². The molecule has 1 aromatic heterocycles. The van der Waals surface area contributed by atoms with Crippen molar-refractivity contribution in [3.63, 3.8) is 0 Å². The molecule has 120 valence electrons. The van der Waals surface area contributed by atoms with Crippen LogP contribution in [0.1, 0.15) is 33.6 Å². The lowest BCUT2D eigenvalue weighted by Gasteiger charge is -2.31. The van der Waals surface area contributed by atoms with E-state index in [0.717, 1.165) is 19.5 Å². The highest BCUT2D eigenvalue weighted by molar-refractivity contribution is 7.91. The van der Waals surface area contributed by atoms with Gasteiger partial charge in [0.15, 0.2) is 20.6 Å². The van der Waals surface area contributed by atoms with Gasteiger partial charge in [-0.1, -0.05) is 20.8 Å². The van der Waals surface area contributed by atoms with Gasteiger partial charge in [0, 0.05) is 25.9 Å². The normalized spacial score (nSPS) is 20.2. The van der Waals surface area contributed by atoms with Crippen LogP contribution in [-0.2, 0) is 16.4 Å². The molecule has 2 N–H and O–H groups in total. The first-order valence-corrected chi connectivity index (χ1v) is 9.40. The van der Waals surface area contributed by atoms with Gasteiger partial charge >= 0.3 is 0 Å². The third-order valence-corrected chi connectivity index (χ3v) is 4.93. The summed E-state index contributed by atoms with van der Waals surface area (Å²) in [6.07, 6.45) is 3.44. The van der Waals surface area contributed by atoms with E-state index in [-0.39, 0.29) is 10.7 Å². The smallest absolute Gasteiger partial charge is 0.182 e. The lowest BCUT2D eigenvalue weighted by molar-refractivity contribution is 0.438. The summed E-state index contributed by atoms with van der Waals surface area (Å²) in [4.78, 5) is 2.26. The van der Waals surface area contributed by atoms with Crippen LogP contribution in [0.25, 0.3) is 0 Å². The number of rotatable bonds is 4. The molecule has 2 rings (SSSR count). The van der Waals surface area contributed by atoms with E-state index in [4.69, 9.17) is 5.73 Å². The number of hydrogen-bond donors (Lipinski definition) is 1. The van der Waals surface area contributed by atoms with Gasteiger partial charge in [0.2, 0.25) is 0 Å². The molecule has 1 aliphatic rings. The van der Waals surface area contributed by atoms with Crippen molar-refractivity contribution in [3.05, 3.63) is 0 Å². The van der Waals surface area contributed by atoms with Gasteiger partial charge in [-0.25, -0.2) is 13.1 Å². The van der Waals surface area contributed by atoms with Crippen molar-refractivity contribution in [1.82, 2.24) is 9.78 Å². The molecule has 0 amide bonds. The van der Waals surface area contributed by atoms with Crippen molar-refractivity contribution in [2.75, 3.05) is 30.0 Å². The van der Waals surface area contributed by atoms with Gasteiger partial charge < -0.3 is 10.6 Å². The SMILES string of the molecule is CC(C)Cn1nc(N2CCCC(C)C2)c(S(C)(=O)=O)c1N. The molecule has 1 unspecified atom stereocenters. The summed E-state index contributed by atoms with van der Waals surface area (Å²) in [5.74, 6) is 1.69. The molecular weight excluding hydrogens is 288 g/mol. The highest BCUT2D eigenvalue weighted by Crippen LogP contribution is 2.33. The molecular formula is C14H26N4O2S. The second-order valence-corrected chi connectivity index (χ2v) is 8.53. The number of nitrogens with two attached hydrogens (primary N) is 1. The second-order valence-electron chi connectivity index (χ2n) is 6.58. The maximum Gasteiger partial charge on any atom is 0.182 e. The maximum absolute atomic E-state index is 12.1. The lowest BCUT2D eigenvalue weighted by Crippen LogP contribution is -2.35. The summed E-state index contributed by atoms with van der Waals surface area (Å²) < 4.78 is 25.9. The molecule has 0 saturated carbocycles. The van der Waals surface area contributed by atoms with E-state index >= 15 is 0 Å². The van der Waals surface area contributed by atoms with Crippen LogP contribution in [0.5, 0.6) is 0 Å². The van der Waals surface area contributed by atoms with Crippen LogP contribution in [0.3, 0.4) is 0 Å². The summed E-state index contributed by atoms with van der Waals surface area (Å²) in [6.45, 7) is 8.60. The Morgan fingerprint density at radius 2 is 2.10 bits per heavy atom. The summed E-state index contributed by atoms with van der Waals surface area (Å²) in [5, 5.41) is 4.51. The van der Waals surface area contributed by atoms with Crippen LogP contribution in [-0.4, -0.2) is 37.5 Å². The molecule has 0 aromatic carbocycles. The summed E-state index contributed by atoms with van der Waals surface area (Å²) in [7, 11) is -3.40. The molecule has 0 radical (unpaired) electrons. The summed E-state index contributed by atoms with van der Waals surface area (Å²) in [6, 6.07) is 0. The van der Waals surface area contributed by atoms with Crippen LogP contribution in [0.15, 0.2) is 4.90 Å². The first-order valence-electron chi connectivity index (χ1n) is 7.51. The Balaban J connectivity index is 2.48. The van der Waals surface area contributed by atoms with E-state index in [1.165, 1.54) is 12.7 Å². The second kappa shape index (κ2) is 5.87. The average Bonchev–Trinajstić information content (AvgIpc) is 2.66. The average molecular weight is 314 g/mol. The molecule has 7 heteroatoms. The molecule has 21 heavy (non-hydrogen) atoms. The highest BCUT2D eigenvalue weighted by Gasteiger charge is 2.29. The maximum atomic E-state index is 12.1. The number of nitrogens with zero attached hydrogens (tertiary/aromatic N) is 3. The quantitative estimate of drug-likeness (QED) is 0.916. The molecule has 0 aliphatic carbocycles. The number of nitrogen functional groups attached to an aromatic ring is 1. The van der Waals surface area contributed by atoms with Crippen LogP contribution in [0.4, 0.5) is 11.6 Å². The van der Waals surface area contributed by atoms with E-state index in [1.807, 2.05) is 0 Å². The number of anilines is 2. The van der Waals surface area contributed by atoms with Crippen molar-refractivity contribution >= 4 is 21.5 Å². The Morgan fingerprint density at radius 3 is 2.62 bits per heavy atom. The van der Waals surface area contributed by atoms with Gasteiger partial charge in [-0.05, 0) is 24.7 Å². The van der Waals surface area contributed by atoms with Crippen molar-refractivity contribution < 1.29 is 8.42 Å². The summed E-state index contributed by atoms with van der Waals surface area (Å²) in [5.41, 5.74) is 6.07. The van der Waals surface area contributed by atoms with Crippen LogP contribution < -0.4 is 10.6 Å². The Morgan fingerprint density at radius 1 is 1.43 bits per heavy atom. The fourth-order valence-corrected chi connectivity index (χ4v) is 3.86. The Hall–Kier alpha value is -1.24. The first kappa shape index (κ1) is 16.1. The molecule has 1 aromatic rings. The topological polar surface area (TPSA) is 81.2 Å². The number of hydrogen-bond acceptors (Lipinski definition) is 5. The standard InChI is InChI=1S/C14H26N4O2S/c1-10(2)8-18-13(15)12(21(4,19)20)14(16-18)17-7-5-6-11(3)9-17/h10-11H,5-9,15H2,1-4H3. The fourth-order valence-electron chi connectivity index (χ4n) is 2.87. The molecule has 1 atom stereocenters. The minimum Gasteiger partial charge on any atom is -0.383 e. The summed E-state index contributed by atoms with van der Waals surface area (Å²) >= 11 is 0. The molecule has 2 heterocycles. The molecule has 1 fully saturated rings. The monoisotopic (exact) mass is 314 g/mol. The van der Waals surface area contributed by atoms with E-state index < -0.39 is 9.84 Å². The molecule has 1 saturated heterocycles. The van der Waals surface area contributed by atoms with Gasteiger partial charge in [-0.15, -0.1) is 0 Å². The van der Waals surface area contributed by atoms with Gasteiger partial charge in [-0.3, -0.25) is 0 Å². The number of sulfone groups is 1. The van der Waals surface area contributed by atoms with Crippen molar-refractivity contribution in [2.45, 2.75) is 45.1 Å². The predicted octanol–water partition coefficient (Wildman–Crippen LogP) is 1.76. The Labute approximate surface area is 127 Å². The molecule has 0 spiro atoms. The first-order chi connectivity index (χ1) is 9.70. The Bertz CT molecular complexity index is 607. The van der Waals surface area contributed by atoms with Crippen LogP contribution in [0, 0.1) is 11.8 Å². The highest BCUT2D eigenvalue weighted by atomic mass is 32.2. The third kappa shape index (κ3) is 3.51. The minimum atomic E-state index is -3.40. The van der Waals surface area contributed by atoms with Gasteiger partial charge in [0.25, 0.3) is 0 Å². The van der Waals surface area contributed by atoms with Crippen molar-refractivity contribution in [1.29, 1.82) is 0 Å². The van der Waals surface area contributed by atoms with Gasteiger partial charge in [-0.2, -0.15) is 5.10 Å². The largest absolute Gasteiger partial charge is 0.383 e. The molecule has 0 bridgehead atoms. The Kier molecular flexibility index (Phi) is 4.51.